The highest BCUT2D eigenvalue weighted by Crippen LogP contribution is 2.27. The molecule has 3 N–H and O–H groups in total. The van der Waals surface area contributed by atoms with Crippen LogP contribution in [0, 0.1) is 5.82 Å². The molecule has 0 aliphatic heterocycles. The lowest BCUT2D eigenvalue weighted by molar-refractivity contribution is -0.138. The number of carbonyl (C=O) groups excluding carboxylic acids is 2. The Morgan fingerprint density at radius 1 is 0.953 bits per heavy atom. The van der Waals surface area contributed by atoms with Crippen molar-refractivity contribution >= 4 is 28.0 Å². The van der Waals surface area contributed by atoms with E-state index in [9.17, 15) is 22.4 Å². The van der Waals surface area contributed by atoms with E-state index in [4.69, 9.17) is 28.8 Å². The Morgan fingerprint density at radius 2 is 1.56 bits per heavy atom. The number of carbonyl (C=O) groups is 2. The molecular weight excluding hydrogens is 587 g/mol. The highest BCUT2D eigenvalue weighted by Gasteiger charge is 2.14. The van der Waals surface area contributed by atoms with Gasteiger partial charge in [0.1, 0.15) is 11.9 Å². The van der Waals surface area contributed by atoms with Crippen molar-refractivity contribution in [2.45, 2.75) is 31.8 Å². The van der Waals surface area contributed by atoms with Crippen LogP contribution in [0.4, 0.5) is 4.39 Å². The largest absolute Gasteiger partial charge is 0.463 e. The van der Waals surface area contributed by atoms with Gasteiger partial charge in [-0.15, -0.1) is 0 Å². The van der Waals surface area contributed by atoms with E-state index in [0.29, 0.717) is 37.6 Å². The average Bonchev–Trinajstić information content (AvgIpc) is 2.97. The molecule has 12 nitrogen and oxygen atoms in total. The predicted octanol–water partition coefficient (Wildman–Crippen LogP) is 2.41. The van der Waals surface area contributed by atoms with Crippen molar-refractivity contribution in [2.24, 2.45) is 0 Å². The molecule has 0 radical (unpaired) electrons. The van der Waals surface area contributed by atoms with Gasteiger partial charge in [-0.1, -0.05) is 6.07 Å². The quantitative estimate of drug-likeness (QED) is 0.113. The number of hydrogen-bond acceptors (Lipinski definition) is 10. The Balaban J connectivity index is 1.67. The van der Waals surface area contributed by atoms with Crippen molar-refractivity contribution in [2.75, 3.05) is 59.3 Å². The Morgan fingerprint density at radius 3 is 2.14 bits per heavy atom. The van der Waals surface area contributed by atoms with Crippen LogP contribution in [0.5, 0.6) is 11.5 Å². The van der Waals surface area contributed by atoms with Gasteiger partial charge in [0.05, 0.1) is 51.1 Å². The van der Waals surface area contributed by atoms with Crippen molar-refractivity contribution in [3.8, 4) is 11.5 Å². The van der Waals surface area contributed by atoms with Crippen LogP contribution in [0.15, 0.2) is 52.9 Å². The summed E-state index contributed by atoms with van der Waals surface area (Å²) in [5.74, 6) is -1.43. The van der Waals surface area contributed by atoms with Crippen LogP contribution in [0.3, 0.4) is 0 Å². The smallest absolute Gasteiger partial charge is 0.333 e. The van der Waals surface area contributed by atoms with E-state index in [2.05, 4.69) is 10.0 Å². The van der Waals surface area contributed by atoms with Gasteiger partial charge in [0.15, 0.2) is 11.6 Å². The summed E-state index contributed by atoms with van der Waals surface area (Å²) in [6, 6.07) is 9.72. The lowest BCUT2D eigenvalue weighted by Crippen LogP contribution is -2.34. The second kappa shape index (κ2) is 19.0. The molecule has 2 rings (SSSR count). The standard InChI is InChI=1S/C29H39FN2O10S/c1-4-41-29(35)21(2)19-23-5-10-27(26(30)20-23)42-24-6-8-25(9-7-24)43(36,37)32-12-14-39-16-18-40-17-15-38-13-11-31-28(34)22(3)33/h5-10,19-20,22,32-33H,4,11-18H2,1-3H3,(H,31,34)/b21-19+/t22-/m1/s1. The molecule has 0 aromatic heterocycles. The summed E-state index contributed by atoms with van der Waals surface area (Å²) in [7, 11) is -3.80. The molecule has 0 aliphatic carbocycles. The van der Waals surface area contributed by atoms with Gasteiger partial charge in [-0.25, -0.2) is 22.3 Å². The Bertz CT molecular complexity index is 1300. The lowest BCUT2D eigenvalue weighted by atomic mass is 10.1. The van der Waals surface area contributed by atoms with Gasteiger partial charge in [0, 0.05) is 18.7 Å². The van der Waals surface area contributed by atoms with Gasteiger partial charge in [-0.2, -0.15) is 0 Å². The van der Waals surface area contributed by atoms with E-state index in [1.807, 2.05) is 0 Å². The first-order valence-electron chi connectivity index (χ1n) is 13.6. The average molecular weight is 627 g/mol. The molecule has 0 bridgehead atoms. The Kier molecular flexibility index (Phi) is 15.8. The number of esters is 1. The molecule has 238 valence electrons. The minimum atomic E-state index is -3.80. The maximum Gasteiger partial charge on any atom is 0.333 e. The molecule has 0 aliphatic rings. The molecule has 0 saturated carbocycles. The third-order valence-corrected chi connectivity index (χ3v) is 6.98. The summed E-state index contributed by atoms with van der Waals surface area (Å²) < 4.78 is 68.5. The van der Waals surface area contributed by atoms with Crippen molar-refractivity contribution in [3.05, 3.63) is 59.4 Å². The first-order valence-corrected chi connectivity index (χ1v) is 15.1. The SMILES string of the molecule is CCOC(=O)/C(C)=C/c1ccc(Oc2ccc(S(=O)(=O)NCCOCCOCCOCCNC(=O)[C@@H](C)O)cc2)c(F)c1. The molecule has 1 amide bonds. The Labute approximate surface area is 251 Å². The van der Waals surface area contributed by atoms with Crippen molar-refractivity contribution in [3.63, 3.8) is 0 Å². The minimum Gasteiger partial charge on any atom is -0.463 e. The molecular formula is C29H39FN2O10S. The number of aliphatic hydroxyl groups excluding tert-OH is 1. The molecule has 43 heavy (non-hydrogen) atoms. The fourth-order valence-electron chi connectivity index (χ4n) is 3.32. The van der Waals surface area contributed by atoms with Crippen LogP contribution in [0.2, 0.25) is 0 Å². The lowest BCUT2D eigenvalue weighted by Gasteiger charge is -2.10. The zero-order valence-corrected chi connectivity index (χ0v) is 25.3. The van der Waals surface area contributed by atoms with E-state index in [-0.39, 0.29) is 49.3 Å². The van der Waals surface area contributed by atoms with Gasteiger partial charge in [-0.3, -0.25) is 4.79 Å². The summed E-state index contributed by atoms with van der Waals surface area (Å²) in [5.41, 5.74) is 0.786. The number of hydrogen-bond donors (Lipinski definition) is 3. The highest BCUT2D eigenvalue weighted by molar-refractivity contribution is 7.89. The van der Waals surface area contributed by atoms with Crippen LogP contribution in [0.25, 0.3) is 6.08 Å². The summed E-state index contributed by atoms with van der Waals surface area (Å²) >= 11 is 0. The van der Waals surface area contributed by atoms with E-state index in [0.717, 1.165) is 0 Å². The summed E-state index contributed by atoms with van der Waals surface area (Å²) in [6.45, 7) is 6.85. The van der Waals surface area contributed by atoms with Gasteiger partial charge in [0.25, 0.3) is 0 Å². The minimum absolute atomic E-state index is 0.00372. The molecule has 2 aromatic carbocycles. The molecule has 0 saturated heterocycles. The molecule has 0 fully saturated rings. The third-order valence-electron chi connectivity index (χ3n) is 5.51. The van der Waals surface area contributed by atoms with E-state index in [1.165, 1.54) is 49.4 Å². The summed E-state index contributed by atoms with van der Waals surface area (Å²) in [5, 5.41) is 11.6. The highest BCUT2D eigenvalue weighted by atomic mass is 32.2. The molecule has 0 spiro atoms. The van der Waals surface area contributed by atoms with Gasteiger partial charge in [-0.05, 0) is 68.8 Å². The maximum atomic E-state index is 14.6. The summed E-state index contributed by atoms with van der Waals surface area (Å²) in [4.78, 5) is 22.9. The number of aliphatic hydroxyl groups is 1. The number of nitrogens with one attached hydrogen (secondary N) is 2. The van der Waals surface area contributed by atoms with Crippen LogP contribution in [-0.2, 0) is 38.6 Å². The van der Waals surface area contributed by atoms with E-state index >= 15 is 0 Å². The number of rotatable bonds is 20. The number of ether oxygens (including phenoxy) is 5. The van der Waals surface area contributed by atoms with E-state index < -0.39 is 33.8 Å². The van der Waals surface area contributed by atoms with Gasteiger partial charge in [0.2, 0.25) is 15.9 Å². The van der Waals surface area contributed by atoms with Crippen molar-refractivity contribution in [1.82, 2.24) is 10.0 Å². The zero-order valence-electron chi connectivity index (χ0n) is 24.5. The third kappa shape index (κ3) is 13.6. The summed E-state index contributed by atoms with van der Waals surface area (Å²) in [6.07, 6.45) is 0.443. The zero-order chi connectivity index (χ0) is 31.7. The second-order valence-electron chi connectivity index (χ2n) is 9.01. The topological polar surface area (TPSA) is 159 Å². The fourth-order valence-corrected chi connectivity index (χ4v) is 4.34. The normalized spacial score (nSPS) is 12.5. The van der Waals surface area contributed by atoms with Crippen LogP contribution in [0.1, 0.15) is 26.3 Å². The number of benzene rings is 2. The predicted molar refractivity (Wildman–Crippen MR) is 156 cm³/mol. The van der Waals surface area contributed by atoms with Crippen molar-refractivity contribution in [1.29, 1.82) is 0 Å². The van der Waals surface area contributed by atoms with Gasteiger partial charge >= 0.3 is 5.97 Å². The first-order chi connectivity index (χ1) is 20.5. The fraction of sp³-hybridized carbons (Fsp3) is 0.448. The molecule has 1 atom stereocenters. The number of sulfonamides is 1. The number of halogens is 1. The van der Waals surface area contributed by atoms with Crippen LogP contribution in [-0.4, -0.2) is 90.8 Å². The van der Waals surface area contributed by atoms with Crippen LogP contribution < -0.4 is 14.8 Å². The molecule has 0 unspecified atom stereocenters. The second-order valence-corrected chi connectivity index (χ2v) is 10.8. The molecule has 0 heterocycles. The van der Waals surface area contributed by atoms with Crippen molar-refractivity contribution < 1.29 is 51.2 Å². The maximum absolute atomic E-state index is 14.6. The van der Waals surface area contributed by atoms with Gasteiger partial charge < -0.3 is 34.1 Å². The van der Waals surface area contributed by atoms with E-state index in [1.54, 1.807) is 19.9 Å². The molecule has 14 heteroatoms. The monoisotopic (exact) mass is 626 g/mol. The van der Waals surface area contributed by atoms with Crippen LogP contribution >= 0.6 is 0 Å². The number of amides is 1. The molecule has 2 aromatic rings. The Hall–Kier alpha value is -3.40. The first kappa shape index (κ1) is 35.8.